The first kappa shape index (κ1) is 13.5. The number of hydrogen-bond donors (Lipinski definition) is 2. The molecule has 0 saturated heterocycles. The average Bonchev–Trinajstić information content (AvgIpc) is 3.10. The molecule has 6 nitrogen and oxygen atoms in total. The van der Waals surface area contributed by atoms with Crippen LogP contribution in [0.25, 0.3) is 0 Å². The van der Waals surface area contributed by atoms with Gasteiger partial charge in [0.25, 0.3) is 0 Å². The molecular weight excluding hydrogens is 270 g/mol. The molecule has 0 unspecified atom stereocenters. The minimum Gasteiger partial charge on any atom is -0.481 e. The SMILES string of the molecule is COC(=O)c1scc(C)c1NC(=O)[C@@H]1C[C@@H]1C(=O)O. The summed E-state index contributed by atoms with van der Waals surface area (Å²) in [5.41, 5.74) is 1.17. The zero-order chi connectivity index (χ0) is 14.2. The lowest BCUT2D eigenvalue weighted by molar-refractivity contribution is -0.139. The summed E-state index contributed by atoms with van der Waals surface area (Å²) in [6, 6.07) is 0. The Hall–Kier alpha value is -1.89. The van der Waals surface area contributed by atoms with Gasteiger partial charge in [-0.3, -0.25) is 9.59 Å². The normalized spacial score (nSPS) is 20.7. The van der Waals surface area contributed by atoms with Gasteiger partial charge in [-0.05, 0) is 24.3 Å². The van der Waals surface area contributed by atoms with Crippen molar-refractivity contribution in [2.24, 2.45) is 11.8 Å². The van der Waals surface area contributed by atoms with E-state index in [-0.39, 0.29) is 5.91 Å². The number of esters is 1. The number of ether oxygens (including phenoxy) is 1. The number of carbonyl (C=O) groups is 3. The fourth-order valence-electron chi connectivity index (χ4n) is 1.82. The molecule has 0 aliphatic heterocycles. The number of nitrogens with one attached hydrogen (secondary N) is 1. The van der Waals surface area contributed by atoms with Crippen molar-refractivity contribution in [2.75, 3.05) is 12.4 Å². The Balaban J connectivity index is 2.11. The van der Waals surface area contributed by atoms with Gasteiger partial charge in [-0.1, -0.05) is 0 Å². The Morgan fingerprint density at radius 2 is 2.11 bits per heavy atom. The van der Waals surface area contributed by atoms with E-state index in [0.717, 1.165) is 5.56 Å². The second-order valence-corrected chi connectivity index (χ2v) is 5.27. The molecule has 102 valence electrons. The number of carbonyl (C=O) groups excluding carboxylic acids is 2. The highest BCUT2D eigenvalue weighted by atomic mass is 32.1. The summed E-state index contributed by atoms with van der Waals surface area (Å²) in [5.74, 6) is -2.96. The largest absolute Gasteiger partial charge is 0.481 e. The summed E-state index contributed by atoms with van der Waals surface area (Å²) in [6.07, 6.45) is 0.345. The van der Waals surface area contributed by atoms with E-state index in [1.807, 2.05) is 0 Å². The van der Waals surface area contributed by atoms with Crippen molar-refractivity contribution in [3.8, 4) is 0 Å². The van der Waals surface area contributed by atoms with E-state index < -0.39 is 23.8 Å². The van der Waals surface area contributed by atoms with Crippen LogP contribution >= 0.6 is 11.3 Å². The fourth-order valence-corrected chi connectivity index (χ4v) is 2.74. The summed E-state index contributed by atoms with van der Waals surface area (Å²) in [7, 11) is 1.27. The molecule has 1 fully saturated rings. The van der Waals surface area contributed by atoms with Gasteiger partial charge in [0.1, 0.15) is 4.88 Å². The number of aryl methyl sites for hydroxylation is 1. The predicted molar refractivity (Wildman–Crippen MR) is 68.3 cm³/mol. The molecule has 2 atom stereocenters. The molecule has 19 heavy (non-hydrogen) atoms. The van der Waals surface area contributed by atoms with Gasteiger partial charge >= 0.3 is 11.9 Å². The summed E-state index contributed by atoms with van der Waals surface area (Å²) in [6.45, 7) is 1.76. The Labute approximate surface area is 113 Å². The van der Waals surface area contributed by atoms with Crippen molar-refractivity contribution in [3.05, 3.63) is 15.8 Å². The molecule has 7 heteroatoms. The van der Waals surface area contributed by atoms with Crippen molar-refractivity contribution in [1.82, 2.24) is 0 Å². The van der Waals surface area contributed by atoms with E-state index in [1.54, 1.807) is 12.3 Å². The highest BCUT2D eigenvalue weighted by Crippen LogP contribution is 2.40. The Morgan fingerprint density at radius 3 is 2.63 bits per heavy atom. The van der Waals surface area contributed by atoms with E-state index in [2.05, 4.69) is 10.1 Å². The van der Waals surface area contributed by atoms with Crippen LogP contribution in [-0.4, -0.2) is 30.1 Å². The number of carboxylic acids is 1. The number of rotatable bonds is 4. The zero-order valence-electron chi connectivity index (χ0n) is 10.4. The van der Waals surface area contributed by atoms with Crippen LogP contribution in [-0.2, 0) is 14.3 Å². The highest BCUT2D eigenvalue weighted by molar-refractivity contribution is 7.12. The van der Waals surface area contributed by atoms with Crippen molar-refractivity contribution in [1.29, 1.82) is 0 Å². The van der Waals surface area contributed by atoms with E-state index in [9.17, 15) is 14.4 Å². The maximum absolute atomic E-state index is 11.9. The number of methoxy groups -OCH3 is 1. The first-order valence-electron chi connectivity index (χ1n) is 5.65. The number of aliphatic carboxylic acids is 1. The van der Waals surface area contributed by atoms with Gasteiger partial charge in [-0.2, -0.15) is 0 Å². The van der Waals surface area contributed by atoms with E-state index in [0.29, 0.717) is 17.0 Å². The molecule has 2 N–H and O–H groups in total. The second kappa shape index (κ2) is 5.00. The molecule has 1 aliphatic carbocycles. The third-order valence-corrected chi connectivity index (χ3v) is 4.12. The maximum atomic E-state index is 11.9. The molecule has 0 aromatic carbocycles. The third-order valence-electron chi connectivity index (χ3n) is 3.04. The maximum Gasteiger partial charge on any atom is 0.350 e. The molecule has 0 spiro atoms. The smallest absolute Gasteiger partial charge is 0.350 e. The van der Waals surface area contributed by atoms with Crippen molar-refractivity contribution < 1.29 is 24.2 Å². The molecule has 1 aliphatic rings. The van der Waals surface area contributed by atoms with Crippen LogP contribution in [0.2, 0.25) is 0 Å². The molecule has 1 aromatic heterocycles. The van der Waals surface area contributed by atoms with Crippen molar-refractivity contribution >= 4 is 34.9 Å². The number of hydrogen-bond acceptors (Lipinski definition) is 5. The van der Waals surface area contributed by atoms with Crippen LogP contribution in [0, 0.1) is 18.8 Å². The molecule has 0 radical (unpaired) electrons. The summed E-state index contributed by atoms with van der Waals surface area (Å²) in [5, 5.41) is 13.1. The standard InChI is InChI=1S/C12H13NO5S/c1-5-4-19-9(12(17)18-2)8(5)13-10(14)6-3-7(6)11(15)16/h4,6-7H,3H2,1-2H3,(H,13,14)(H,15,16)/t6-,7+/m1/s1. The van der Waals surface area contributed by atoms with Gasteiger partial charge < -0.3 is 15.2 Å². The van der Waals surface area contributed by atoms with Crippen molar-refractivity contribution in [2.45, 2.75) is 13.3 Å². The summed E-state index contributed by atoms with van der Waals surface area (Å²) >= 11 is 1.18. The van der Waals surface area contributed by atoms with Gasteiger partial charge in [-0.25, -0.2) is 4.79 Å². The number of thiophene rings is 1. The lowest BCUT2D eigenvalue weighted by atomic mass is 10.2. The molecule has 1 saturated carbocycles. The first-order chi connectivity index (χ1) is 8.95. The Kier molecular flexibility index (Phi) is 3.57. The summed E-state index contributed by atoms with van der Waals surface area (Å²) < 4.78 is 4.63. The van der Waals surface area contributed by atoms with Crippen LogP contribution in [0.1, 0.15) is 21.7 Å². The zero-order valence-corrected chi connectivity index (χ0v) is 11.2. The molecular formula is C12H13NO5S. The predicted octanol–water partition coefficient (Wildman–Crippen LogP) is 1.50. The van der Waals surface area contributed by atoms with Crippen LogP contribution in [0.5, 0.6) is 0 Å². The summed E-state index contributed by atoms with van der Waals surface area (Å²) in [4.78, 5) is 34.4. The molecule has 1 heterocycles. The molecule has 1 aromatic rings. The Morgan fingerprint density at radius 1 is 1.42 bits per heavy atom. The number of anilines is 1. The van der Waals surface area contributed by atoms with Gasteiger partial charge in [0.05, 0.1) is 24.6 Å². The Bertz CT molecular complexity index is 550. The quantitative estimate of drug-likeness (QED) is 0.817. The van der Waals surface area contributed by atoms with E-state index in [4.69, 9.17) is 5.11 Å². The topological polar surface area (TPSA) is 92.7 Å². The molecule has 0 bridgehead atoms. The van der Waals surface area contributed by atoms with Crippen molar-refractivity contribution in [3.63, 3.8) is 0 Å². The number of carboxylic acid groups (broad SMARTS) is 1. The second-order valence-electron chi connectivity index (χ2n) is 4.39. The van der Waals surface area contributed by atoms with Crippen LogP contribution < -0.4 is 5.32 Å². The lowest BCUT2D eigenvalue weighted by Gasteiger charge is -2.06. The number of amides is 1. The monoisotopic (exact) mass is 283 g/mol. The van der Waals surface area contributed by atoms with E-state index >= 15 is 0 Å². The average molecular weight is 283 g/mol. The minimum atomic E-state index is -0.963. The van der Waals surface area contributed by atoms with Crippen LogP contribution in [0.4, 0.5) is 5.69 Å². The van der Waals surface area contributed by atoms with Gasteiger partial charge in [0.2, 0.25) is 5.91 Å². The van der Waals surface area contributed by atoms with Gasteiger partial charge in [0, 0.05) is 0 Å². The third kappa shape index (κ3) is 2.60. The van der Waals surface area contributed by atoms with Gasteiger partial charge in [0.15, 0.2) is 0 Å². The molecule has 2 rings (SSSR count). The van der Waals surface area contributed by atoms with Crippen LogP contribution in [0.3, 0.4) is 0 Å². The van der Waals surface area contributed by atoms with Crippen LogP contribution in [0.15, 0.2) is 5.38 Å². The molecule has 1 amide bonds. The van der Waals surface area contributed by atoms with Gasteiger partial charge in [-0.15, -0.1) is 11.3 Å². The lowest BCUT2D eigenvalue weighted by Crippen LogP contribution is -2.18. The fraction of sp³-hybridized carbons (Fsp3) is 0.417. The van der Waals surface area contributed by atoms with E-state index in [1.165, 1.54) is 18.4 Å². The minimum absolute atomic E-state index is 0.320. The first-order valence-corrected chi connectivity index (χ1v) is 6.53. The highest BCUT2D eigenvalue weighted by Gasteiger charge is 2.48.